The molecule has 2 aliphatic heterocycles. The molecule has 0 saturated carbocycles. The van der Waals surface area contributed by atoms with Gasteiger partial charge in [-0.1, -0.05) is 6.92 Å². The lowest BCUT2D eigenvalue weighted by atomic mass is 9.88. The van der Waals surface area contributed by atoms with Crippen LogP contribution in [0.25, 0.3) is 0 Å². The van der Waals surface area contributed by atoms with Gasteiger partial charge in [0.1, 0.15) is 0 Å². The first kappa shape index (κ1) is 7.60. The van der Waals surface area contributed by atoms with Crippen molar-refractivity contribution in [1.29, 1.82) is 0 Å². The minimum Gasteiger partial charge on any atom is -0.332 e. The zero-order valence-electron chi connectivity index (χ0n) is 7.60. The molecule has 2 saturated heterocycles. The highest BCUT2D eigenvalue weighted by Gasteiger charge is 2.31. The Bertz CT molecular complexity index is 133. The van der Waals surface area contributed by atoms with E-state index in [0.29, 0.717) is 0 Å². The lowest BCUT2D eigenvalue weighted by Gasteiger charge is -2.38. The fourth-order valence-electron chi connectivity index (χ4n) is 2.80. The summed E-state index contributed by atoms with van der Waals surface area (Å²) < 4.78 is 0. The molecule has 64 valence electrons. The van der Waals surface area contributed by atoms with Crippen molar-refractivity contribution in [2.45, 2.75) is 45.1 Å². The second kappa shape index (κ2) is 3.14. The maximum Gasteiger partial charge on any atom is 0.0874 e. The molecule has 0 aromatic heterocycles. The number of piperidine rings is 2. The van der Waals surface area contributed by atoms with Crippen molar-refractivity contribution in [3.8, 4) is 0 Å². The van der Waals surface area contributed by atoms with Crippen LogP contribution in [0.3, 0.4) is 0 Å². The van der Waals surface area contributed by atoms with E-state index in [1.165, 1.54) is 45.2 Å². The summed E-state index contributed by atoms with van der Waals surface area (Å²) in [6.45, 7) is 5.34. The molecular formula is C10H20N+. The largest absolute Gasteiger partial charge is 0.332 e. The number of rotatable bonds is 0. The van der Waals surface area contributed by atoms with E-state index in [2.05, 4.69) is 6.92 Å². The summed E-state index contributed by atoms with van der Waals surface area (Å²) >= 11 is 0. The molecule has 2 rings (SSSR count). The third kappa shape index (κ3) is 1.58. The van der Waals surface area contributed by atoms with E-state index in [-0.39, 0.29) is 0 Å². The molecule has 3 unspecified atom stereocenters. The zero-order valence-corrected chi connectivity index (χ0v) is 7.60. The lowest BCUT2D eigenvalue weighted by Crippen LogP contribution is -3.18. The standard InChI is InChI=1S/C10H19N/c1-9-5-6-10-4-2-3-7-11(10)8-9/h9-10H,2-8H2,1H3/p+1. The van der Waals surface area contributed by atoms with Crippen molar-refractivity contribution in [2.75, 3.05) is 13.1 Å². The highest BCUT2D eigenvalue weighted by atomic mass is 15.2. The van der Waals surface area contributed by atoms with Gasteiger partial charge in [0.05, 0.1) is 19.1 Å². The van der Waals surface area contributed by atoms with Gasteiger partial charge in [-0.25, -0.2) is 0 Å². The van der Waals surface area contributed by atoms with Crippen LogP contribution in [-0.4, -0.2) is 19.1 Å². The molecule has 0 aromatic carbocycles. The Labute approximate surface area is 69.8 Å². The third-order valence-electron chi connectivity index (χ3n) is 3.50. The van der Waals surface area contributed by atoms with Crippen molar-refractivity contribution in [3.63, 3.8) is 0 Å². The highest BCUT2D eigenvalue weighted by molar-refractivity contribution is 4.68. The van der Waals surface area contributed by atoms with Crippen molar-refractivity contribution >= 4 is 0 Å². The van der Waals surface area contributed by atoms with Crippen molar-refractivity contribution in [1.82, 2.24) is 0 Å². The molecule has 0 aliphatic carbocycles. The molecule has 0 aromatic rings. The first-order valence-corrected chi connectivity index (χ1v) is 5.21. The molecule has 1 heteroatoms. The van der Waals surface area contributed by atoms with Gasteiger partial charge >= 0.3 is 0 Å². The molecule has 3 atom stereocenters. The van der Waals surface area contributed by atoms with E-state index in [0.717, 1.165) is 12.0 Å². The number of hydrogen-bond acceptors (Lipinski definition) is 0. The molecule has 2 aliphatic rings. The Balaban J connectivity index is 1.93. The van der Waals surface area contributed by atoms with Gasteiger partial charge in [0, 0.05) is 5.92 Å². The summed E-state index contributed by atoms with van der Waals surface area (Å²) in [6, 6.07) is 1.06. The number of quaternary nitrogens is 1. The molecule has 0 bridgehead atoms. The molecule has 0 amide bonds. The van der Waals surface area contributed by atoms with Gasteiger partial charge in [0.25, 0.3) is 0 Å². The average molecular weight is 154 g/mol. The molecule has 0 radical (unpaired) electrons. The van der Waals surface area contributed by atoms with Crippen LogP contribution in [0, 0.1) is 5.92 Å². The Morgan fingerprint density at radius 2 is 2.00 bits per heavy atom. The fraction of sp³-hybridized carbons (Fsp3) is 1.00. The molecule has 11 heavy (non-hydrogen) atoms. The molecule has 1 N–H and O–H groups in total. The summed E-state index contributed by atoms with van der Waals surface area (Å²) in [5, 5.41) is 0. The van der Waals surface area contributed by atoms with E-state index >= 15 is 0 Å². The van der Waals surface area contributed by atoms with Gasteiger partial charge in [-0.15, -0.1) is 0 Å². The average Bonchev–Trinajstić information content (AvgIpc) is 2.04. The number of hydrogen-bond donors (Lipinski definition) is 1. The molecular weight excluding hydrogens is 134 g/mol. The van der Waals surface area contributed by atoms with E-state index in [1.54, 1.807) is 0 Å². The van der Waals surface area contributed by atoms with E-state index in [1.807, 2.05) is 4.90 Å². The van der Waals surface area contributed by atoms with Gasteiger partial charge in [0.2, 0.25) is 0 Å². The van der Waals surface area contributed by atoms with Crippen molar-refractivity contribution in [3.05, 3.63) is 0 Å². The Morgan fingerprint density at radius 1 is 1.09 bits per heavy atom. The lowest BCUT2D eigenvalue weighted by molar-refractivity contribution is -0.939. The van der Waals surface area contributed by atoms with Crippen LogP contribution in [0.1, 0.15) is 39.0 Å². The van der Waals surface area contributed by atoms with Crippen LogP contribution in [0.4, 0.5) is 0 Å². The Morgan fingerprint density at radius 3 is 2.91 bits per heavy atom. The summed E-state index contributed by atoms with van der Waals surface area (Å²) in [5.74, 6) is 0.999. The normalized spacial score (nSPS) is 45.0. The summed E-state index contributed by atoms with van der Waals surface area (Å²) in [6.07, 6.45) is 7.51. The monoisotopic (exact) mass is 154 g/mol. The maximum absolute atomic E-state index is 2.41. The highest BCUT2D eigenvalue weighted by Crippen LogP contribution is 2.16. The van der Waals surface area contributed by atoms with Gasteiger partial charge in [-0.2, -0.15) is 0 Å². The summed E-state index contributed by atoms with van der Waals surface area (Å²) in [4.78, 5) is 1.93. The first-order valence-electron chi connectivity index (χ1n) is 5.21. The third-order valence-corrected chi connectivity index (χ3v) is 3.50. The van der Waals surface area contributed by atoms with Gasteiger partial charge < -0.3 is 4.90 Å². The fourth-order valence-corrected chi connectivity index (χ4v) is 2.80. The maximum atomic E-state index is 2.41. The summed E-state index contributed by atoms with van der Waals surface area (Å²) in [5.41, 5.74) is 0. The quantitative estimate of drug-likeness (QED) is 0.528. The smallest absolute Gasteiger partial charge is 0.0874 e. The summed E-state index contributed by atoms with van der Waals surface area (Å²) in [7, 11) is 0. The van der Waals surface area contributed by atoms with Crippen molar-refractivity contribution in [2.24, 2.45) is 5.92 Å². The minimum absolute atomic E-state index is 0.999. The zero-order chi connectivity index (χ0) is 7.68. The van der Waals surface area contributed by atoms with Gasteiger partial charge in [-0.3, -0.25) is 0 Å². The van der Waals surface area contributed by atoms with E-state index < -0.39 is 0 Å². The van der Waals surface area contributed by atoms with Crippen LogP contribution in [-0.2, 0) is 0 Å². The van der Waals surface area contributed by atoms with Crippen LogP contribution >= 0.6 is 0 Å². The SMILES string of the molecule is CC1CCC2CCCC[NH+]2C1. The Hall–Kier alpha value is -0.0400. The van der Waals surface area contributed by atoms with Crippen LogP contribution < -0.4 is 4.90 Å². The van der Waals surface area contributed by atoms with Gasteiger partial charge in [0.15, 0.2) is 0 Å². The van der Waals surface area contributed by atoms with E-state index in [4.69, 9.17) is 0 Å². The second-order valence-electron chi connectivity index (χ2n) is 4.49. The topological polar surface area (TPSA) is 4.44 Å². The molecule has 2 fully saturated rings. The first-order chi connectivity index (χ1) is 5.36. The molecule has 1 nitrogen and oxygen atoms in total. The van der Waals surface area contributed by atoms with Crippen LogP contribution in [0.2, 0.25) is 0 Å². The molecule has 0 spiro atoms. The second-order valence-corrected chi connectivity index (χ2v) is 4.49. The van der Waals surface area contributed by atoms with Gasteiger partial charge in [-0.05, 0) is 32.1 Å². The predicted octanol–water partition coefficient (Wildman–Crippen LogP) is 0.854. The number of nitrogens with one attached hydrogen (secondary N) is 1. The Kier molecular flexibility index (Phi) is 2.17. The van der Waals surface area contributed by atoms with Crippen molar-refractivity contribution < 1.29 is 4.90 Å². The minimum atomic E-state index is 0.999. The van der Waals surface area contributed by atoms with E-state index in [9.17, 15) is 0 Å². The van der Waals surface area contributed by atoms with Crippen LogP contribution in [0.5, 0.6) is 0 Å². The number of fused-ring (bicyclic) bond motifs is 1. The predicted molar refractivity (Wildman–Crippen MR) is 46.7 cm³/mol. The van der Waals surface area contributed by atoms with Crippen LogP contribution in [0.15, 0.2) is 0 Å². The molecule has 2 heterocycles.